The molecule has 1 rings (SSSR count). The lowest BCUT2D eigenvalue weighted by molar-refractivity contribution is 0.194. The molecule has 3 N–H and O–H groups in total. The molecule has 0 saturated carbocycles. The van der Waals surface area contributed by atoms with Crippen molar-refractivity contribution in [1.29, 1.82) is 0 Å². The van der Waals surface area contributed by atoms with Crippen molar-refractivity contribution in [2.75, 3.05) is 13.2 Å². The SMILES string of the molecule is Cc1cc(OCCCCC(C)(N)CO)ccc1C(C)C. The summed E-state index contributed by atoms with van der Waals surface area (Å²) in [5.74, 6) is 1.48. The topological polar surface area (TPSA) is 55.5 Å². The molecule has 1 unspecified atom stereocenters. The number of hydrogen-bond donors (Lipinski definition) is 2. The Bertz CT molecular complexity index is 413. The van der Waals surface area contributed by atoms with Gasteiger partial charge in [0.1, 0.15) is 5.75 Å². The Labute approximate surface area is 123 Å². The molecule has 0 radical (unpaired) electrons. The van der Waals surface area contributed by atoms with Crippen molar-refractivity contribution in [3.63, 3.8) is 0 Å². The van der Waals surface area contributed by atoms with E-state index >= 15 is 0 Å². The number of unbranched alkanes of at least 4 members (excludes halogenated alkanes) is 1. The molecule has 0 aliphatic heterocycles. The Balaban J connectivity index is 2.34. The predicted molar refractivity (Wildman–Crippen MR) is 84.3 cm³/mol. The summed E-state index contributed by atoms with van der Waals surface area (Å²) in [6.07, 6.45) is 2.74. The molecule has 0 saturated heterocycles. The van der Waals surface area contributed by atoms with Gasteiger partial charge in [-0.2, -0.15) is 0 Å². The maximum absolute atomic E-state index is 9.07. The molecule has 0 aromatic heterocycles. The molecule has 3 heteroatoms. The van der Waals surface area contributed by atoms with Crippen molar-refractivity contribution < 1.29 is 9.84 Å². The second-order valence-electron chi connectivity index (χ2n) is 6.29. The van der Waals surface area contributed by atoms with Gasteiger partial charge in [0.25, 0.3) is 0 Å². The zero-order valence-electron chi connectivity index (χ0n) is 13.3. The Kier molecular flexibility index (Phi) is 6.50. The number of ether oxygens (including phenoxy) is 1. The normalized spacial score (nSPS) is 14.3. The molecule has 114 valence electrons. The smallest absolute Gasteiger partial charge is 0.119 e. The monoisotopic (exact) mass is 279 g/mol. The minimum absolute atomic E-state index is 0.0315. The van der Waals surface area contributed by atoms with Crippen LogP contribution in [0.15, 0.2) is 18.2 Å². The zero-order chi connectivity index (χ0) is 15.2. The molecule has 1 aromatic rings. The van der Waals surface area contributed by atoms with Crippen LogP contribution in [-0.2, 0) is 0 Å². The highest BCUT2D eigenvalue weighted by atomic mass is 16.5. The summed E-state index contributed by atoms with van der Waals surface area (Å²) >= 11 is 0. The Hall–Kier alpha value is -1.06. The van der Waals surface area contributed by atoms with E-state index in [9.17, 15) is 0 Å². The van der Waals surface area contributed by atoms with Crippen molar-refractivity contribution in [3.05, 3.63) is 29.3 Å². The van der Waals surface area contributed by atoms with E-state index in [0.717, 1.165) is 25.0 Å². The van der Waals surface area contributed by atoms with E-state index in [2.05, 4.69) is 32.9 Å². The van der Waals surface area contributed by atoms with Gasteiger partial charge in [0.2, 0.25) is 0 Å². The van der Waals surface area contributed by atoms with E-state index in [1.165, 1.54) is 11.1 Å². The Morgan fingerprint density at radius 1 is 1.30 bits per heavy atom. The molecular formula is C17H29NO2. The fourth-order valence-electron chi connectivity index (χ4n) is 2.29. The highest BCUT2D eigenvalue weighted by molar-refractivity contribution is 5.36. The van der Waals surface area contributed by atoms with E-state index in [1.54, 1.807) is 0 Å². The predicted octanol–water partition coefficient (Wildman–Crippen LogP) is 3.38. The van der Waals surface area contributed by atoms with Crippen LogP contribution < -0.4 is 10.5 Å². The molecule has 0 aliphatic carbocycles. The largest absolute Gasteiger partial charge is 0.494 e. The van der Waals surface area contributed by atoms with Crippen molar-refractivity contribution in [3.8, 4) is 5.75 Å². The van der Waals surface area contributed by atoms with E-state index in [-0.39, 0.29) is 6.61 Å². The van der Waals surface area contributed by atoms with E-state index in [4.69, 9.17) is 15.6 Å². The van der Waals surface area contributed by atoms with Crippen LogP contribution in [0.4, 0.5) is 0 Å². The molecule has 0 fully saturated rings. The highest BCUT2D eigenvalue weighted by Gasteiger charge is 2.15. The summed E-state index contributed by atoms with van der Waals surface area (Å²) in [6, 6.07) is 6.30. The molecule has 0 bridgehead atoms. The minimum atomic E-state index is -0.463. The number of aliphatic hydroxyl groups excluding tert-OH is 1. The van der Waals surface area contributed by atoms with Gasteiger partial charge in [-0.05, 0) is 62.3 Å². The van der Waals surface area contributed by atoms with Crippen LogP contribution in [0.5, 0.6) is 5.75 Å². The Morgan fingerprint density at radius 2 is 2.00 bits per heavy atom. The van der Waals surface area contributed by atoms with E-state index in [0.29, 0.717) is 12.5 Å². The van der Waals surface area contributed by atoms with Crippen LogP contribution in [0.25, 0.3) is 0 Å². The summed E-state index contributed by atoms with van der Waals surface area (Å²) in [7, 11) is 0. The third kappa shape index (κ3) is 5.51. The first kappa shape index (κ1) is 17.0. The number of nitrogens with two attached hydrogens (primary N) is 1. The second-order valence-corrected chi connectivity index (χ2v) is 6.29. The van der Waals surface area contributed by atoms with Gasteiger partial charge in [-0.3, -0.25) is 0 Å². The van der Waals surface area contributed by atoms with E-state index < -0.39 is 5.54 Å². The average Bonchev–Trinajstić information content (AvgIpc) is 2.38. The first-order chi connectivity index (χ1) is 9.35. The maximum Gasteiger partial charge on any atom is 0.119 e. The molecule has 1 aromatic carbocycles. The van der Waals surface area contributed by atoms with Crippen LogP contribution in [0.2, 0.25) is 0 Å². The minimum Gasteiger partial charge on any atom is -0.494 e. The van der Waals surface area contributed by atoms with Gasteiger partial charge in [-0.1, -0.05) is 19.9 Å². The summed E-state index contributed by atoms with van der Waals surface area (Å²) < 4.78 is 5.77. The lowest BCUT2D eigenvalue weighted by atomic mass is 9.97. The van der Waals surface area contributed by atoms with Crippen molar-refractivity contribution in [2.45, 2.75) is 58.4 Å². The molecule has 3 nitrogen and oxygen atoms in total. The molecular weight excluding hydrogens is 250 g/mol. The van der Waals surface area contributed by atoms with Crippen LogP contribution >= 0.6 is 0 Å². The van der Waals surface area contributed by atoms with Gasteiger partial charge < -0.3 is 15.6 Å². The standard InChI is InChI=1S/C17H29NO2/c1-13(2)16-8-7-15(11-14(16)3)20-10-6-5-9-17(4,18)12-19/h7-8,11,13,19H,5-6,9-10,12,18H2,1-4H3. The molecule has 0 amide bonds. The molecule has 1 atom stereocenters. The summed E-state index contributed by atoms with van der Waals surface area (Å²) in [4.78, 5) is 0. The second kappa shape index (κ2) is 7.65. The lowest BCUT2D eigenvalue weighted by Gasteiger charge is -2.21. The van der Waals surface area contributed by atoms with Crippen molar-refractivity contribution in [1.82, 2.24) is 0 Å². The number of hydrogen-bond acceptors (Lipinski definition) is 3. The fourth-order valence-corrected chi connectivity index (χ4v) is 2.29. The van der Waals surface area contributed by atoms with Crippen LogP contribution in [-0.4, -0.2) is 23.9 Å². The summed E-state index contributed by atoms with van der Waals surface area (Å²) in [5.41, 5.74) is 8.08. The quantitative estimate of drug-likeness (QED) is 0.717. The zero-order valence-corrected chi connectivity index (χ0v) is 13.3. The number of aryl methyl sites for hydroxylation is 1. The van der Waals surface area contributed by atoms with Gasteiger partial charge in [0.15, 0.2) is 0 Å². The molecule has 0 aliphatic rings. The number of aliphatic hydroxyl groups is 1. The molecule has 0 spiro atoms. The van der Waals surface area contributed by atoms with Gasteiger partial charge in [0.05, 0.1) is 13.2 Å². The van der Waals surface area contributed by atoms with Gasteiger partial charge in [-0.25, -0.2) is 0 Å². The van der Waals surface area contributed by atoms with Crippen molar-refractivity contribution >= 4 is 0 Å². The maximum atomic E-state index is 9.07. The van der Waals surface area contributed by atoms with Gasteiger partial charge in [-0.15, -0.1) is 0 Å². The van der Waals surface area contributed by atoms with Gasteiger partial charge >= 0.3 is 0 Å². The first-order valence-electron chi connectivity index (χ1n) is 7.49. The van der Waals surface area contributed by atoms with Gasteiger partial charge in [0, 0.05) is 5.54 Å². The first-order valence-corrected chi connectivity index (χ1v) is 7.49. The fraction of sp³-hybridized carbons (Fsp3) is 0.647. The average molecular weight is 279 g/mol. The third-order valence-corrected chi connectivity index (χ3v) is 3.64. The third-order valence-electron chi connectivity index (χ3n) is 3.64. The molecule has 20 heavy (non-hydrogen) atoms. The van der Waals surface area contributed by atoms with Crippen LogP contribution in [0.3, 0.4) is 0 Å². The molecule has 0 heterocycles. The lowest BCUT2D eigenvalue weighted by Crippen LogP contribution is -2.39. The van der Waals surface area contributed by atoms with Crippen molar-refractivity contribution in [2.24, 2.45) is 5.73 Å². The summed E-state index contributed by atoms with van der Waals surface area (Å²) in [6.45, 7) is 9.14. The van der Waals surface area contributed by atoms with Crippen LogP contribution in [0, 0.1) is 6.92 Å². The number of benzene rings is 1. The Morgan fingerprint density at radius 3 is 2.55 bits per heavy atom. The van der Waals surface area contributed by atoms with Crippen LogP contribution in [0.1, 0.15) is 57.1 Å². The summed E-state index contributed by atoms with van der Waals surface area (Å²) in [5, 5.41) is 9.07. The highest BCUT2D eigenvalue weighted by Crippen LogP contribution is 2.23. The number of rotatable bonds is 8. The van der Waals surface area contributed by atoms with E-state index in [1.807, 2.05) is 13.0 Å².